The fourth-order valence-corrected chi connectivity index (χ4v) is 2.05. The van der Waals surface area contributed by atoms with Crippen molar-refractivity contribution >= 4 is 32.7 Å². The molecule has 6 heteroatoms. The molecular weight excluding hydrogens is 274 g/mol. The van der Waals surface area contributed by atoms with Crippen LogP contribution in [-0.2, 0) is 0 Å². The highest BCUT2D eigenvalue weighted by molar-refractivity contribution is 9.10. The molecule has 1 aromatic carbocycles. The number of nitrogens with two attached hydrogens (primary N) is 1. The lowest BCUT2D eigenvalue weighted by molar-refractivity contribution is 0.0955. The standard InChI is InChI=1S/C10H10BrN3O2/c1-16-9-3-8-5(2-7(9)11)6(4-13-8)10(15)14-12/h2-4,13H,12H2,1H3,(H,14,15). The first-order valence-corrected chi connectivity index (χ1v) is 5.32. The summed E-state index contributed by atoms with van der Waals surface area (Å²) in [5.74, 6) is 5.47. The summed E-state index contributed by atoms with van der Waals surface area (Å²) in [6, 6.07) is 3.63. The Morgan fingerprint density at radius 1 is 1.56 bits per heavy atom. The van der Waals surface area contributed by atoms with Gasteiger partial charge >= 0.3 is 0 Å². The van der Waals surface area contributed by atoms with Gasteiger partial charge in [0.15, 0.2) is 0 Å². The van der Waals surface area contributed by atoms with Crippen LogP contribution in [-0.4, -0.2) is 18.0 Å². The molecule has 4 N–H and O–H groups in total. The molecule has 0 saturated carbocycles. The second kappa shape index (κ2) is 4.15. The minimum atomic E-state index is -0.330. The van der Waals surface area contributed by atoms with E-state index in [2.05, 4.69) is 26.3 Å². The highest BCUT2D eigenvalue weighted by Gasteiger charge is 2.13. The average molecular weight is 284 g/mol. The molecule has 84 valence electrons. The number of hydrogen-bond acceptors (Lipinski definition) is 3. The number of carbonyl (C=O) groups is 1. The molecular formula is C10H10BrN3O2. The van der Waals surface area contributed by atoms with Crippen molar-refractivity contribution in [3.8, 4) is 5.75 Å². The van der Waals surface area contributed by atoms with Crippen LogP contribution in [0.3, 0.4) is 0 Å². The molecule has 0 spiro atoms. The van der Waals surface area contributed by atoms with E-state index < -0.39 is 0 Å². The maximum Gasteiger partial charge on any atom is 0.267 e. The first kappa shape index (κ1) is 11.0. The zero-order chi connectivity index (χ0) is 11.7. The largest absolute Gasteiger partial charge is 0.495 e. The Morgan fingerprint density at radius 3 is 2.94 bits per heavy atom. The summed E-state index contributed by atoms with van der Waals surface area (Å²) in [5.41, 5.74) is 3.42. The van der Waals surface area contributed by atoms with Crippen LogP contribution in [0, 0.1) is 0 Å². The number of fused-ring (bicyclic) bond motifs is 1. The van der Waals surface area contributed by atoms with Crippen molar-refractivity contribution in [2.75, 3.05) is 7.11 Å². The van der Waals surface area contributed by atoms with Gasteiger partial charge in [0.1, 0.15) is 5.75 Å². The Balaban J connectivity index is 2.65. The van der Waals surface area contributed by atoms with Crippen LogP contribution in [0.2, 0.25) is 0 Å². The lowest BCUT2D eigenvalue weighted by Gasteiger charge is -2.03. The summed E-state index contributed by atoms with van der Waals surface area (Å²) in [6.45, 7) is 0. The molecule has 2 aromatic rings. The molecule has 0 saturated heterocycles. The predicted molar refractivity (Wildman–Crippen MR) is 64.2 cm³/mol. The van der Waals surface area contributed by atoms with Gasteiger partial charge in [-0.2, -0.15) is 0 Å². The van der Waals surface area contributed by atoms with Crippen molar-refractivity contribution in [2.24, 2.45) is 5.84 Å². The summed E-state index contributed by atoms with van der Waals surface area (Å²) >= 11 is 3.37. The van der Waals surface area contributed by atoms with Gasteiger partial charge in [0, 0.05) is 23.2 Å². The van der Waals surface area contributed by atoms with Crippen LogP contribution in [0.15, 0.2) is 22.8 Å². The van der Waals surface area contributed by atoms with E-state index in [0.717, 1.165) is 15.4 Å². The second-order valence-electron chi connectivity index (χ2n) is 3.21. The first-order chi connectivity index (χ1) is 7.67. The molecule has 5 nitrogen and oxygen atoms in total. The summed E-state index contributed by atoms with van der Waals surface area (Å²) in [4.78, 5) is 14.4. The molecule has 0 fully saturated rings. The van der Waals surface area contributed by atoms with Gasteiger partial charge in [-0.3, -0.25) is 10.2 Å². The molecule has 1 heterocycles. The van der Waals surface area contributed by atoms with Gasteiger partial charge < -0.3 is 9.72 Å². The predicted octanol–water partition coefficient (Wildman–Crippen LogP) is 1.54. The van der Waals surface area contributed by atoms with Gasteiger partial charge in [-0.15, -0.1) is 0 Å². The number of carbonyl (C=O) groups excluding carboxylic acids is 1. The van der Waals surface area contributed by atoms with Gasteiger partial charge in [-0.25, -0.2) is 5.84 Å². The van der Waals surface area contributed by atoms with Crippen LogP contribution in [0.25, 0.3) is 10.9 Å². The normalized spacial score (nSPS) is 10.4. The van der Waals surface area contributed by atoms with E-state index in [-0.39, 0.29) is 5.91 Å². The molecule has 1 aromatic heterocycles. The van der Waals surface area contributed by atoms with E-state index in [9.17, 15) is 4.79 Å². The lowest BCUT2D eigenvalue weighted by atomic mass is 10.1. The summed E-state index contributed by atoms with van der Waals surface area (Å²) in [7, 11) is 1.59. The number of benzene rings is 1. The number of hydrogen-bond donors (Lipinski definition) is 3. The molecule has 0 atom stereocenters. The molecule has 0 bridgehead atoms. The van der Waals surface area contributed by atoms with Crippen molar-refractivity contribution in [1.82, 2.24) is 10.4 Å². The molecule has 0 radical (unpaired) electrons. The van der Waals surface area contributed by atoms with Crippen molar-refractivity contribution in [2.45, 2.75) is 0 Å². The van der Waals surface area contributed by atoms with Crippen LogP contribution >= 0.6 is 15.9 Å². The van der Waals surface area contributed by atoms with E-state index in [0.29, 0.717) is 11.3 Å². The number of nitrogens with one attached hydrogen (secondary N) is 2. The number of halogens is 1. The quantitative estimate of drug-likeness (QED) is 0.444. The first-order valence-electron chi connectivity index (χ1n) is 4.53. The minimum absolute atomic E-state index is 0.330. The van der Waals surface area contributed by atoms with Gasteiger partial charge in [0.2, 0.25) is 0 Å². The van der Waals surface area contributed by atoms with Gasteiger partial charge in [0.25, 0.3) is 5.91 Å². The van der Waals surface area contributed by atoms with Crippen molar-refractivity contribution in [3.05, 3.63) is 28.4 Å². The average Bonchev–Trinajstić information content (AvgIpc) is 2.69. The number of rotatable bonds is 2. The van der Waals surface area contributed by atoms with Crippen molar-refractivity contribution in [1.29, 1.82) is 0 Å². The van der Waals surface area contributed by atoms with Crippen molar-refractivity contribution < 1.29 is 9.53 Å². The summed E-state index contributed by atoms with van der Waals surface area (Å²) in [6.07, 6.45) is 1.61. The number of aromatic amines is 1. The van der Waals surface area contributed by atoms with E-state index in [1.54, 1.807) is 13.3 Å². The SMILES string of the molecule is COc1cc2[nH]cc(C(=O)NN)c2cc1Br. The maximum absolute atomic E-state index is 11.5. The van der Waals surface area contributed by atoms with Gasteiger partial charge in [-0.05, 0) is 22.0 Å². The van der Waals surface area contributed by atoms with Gasteiger partial charge in [0.05, 0.1) is 17.1 Å². The summed E-state index contributed by atoms with van der Waals surface area (Å²) < 4.78 is 5.94. The van der Waals surface area contributed by atoms with Crippen LogP contribution < -0.4 is 16.0 Å². The fraction of sp³-hybridized carbons (Fsp3) is 0.100. The molecule has 0 aliphatic heterocycles. The number of ether oxygens (including phenoxy) is 1. The topological polar surface area (TPSA) is 80.1 Å². The van der Waals surface area contributed by atoms with E-state index >= 15 is 0 Å². The Labute approximate surface area is 100 Å². The third-order valence-electron chi connectivity index (χ3n) is 2.33. The maximum atomic E-state index is 11.5. The monoisotopic (exact) mass is 283 g/mol. The molecule has 0 unspecified atom stereocenters. The molecule has 2 rings (SSSR count). The Kier molecular flexibility index (Phi) is 2.84. The third kappa shape index (κ3) is 1.66. The summed E-state index contributed by atoms with van der Waals surface area (Å²) in [5, 5.41) is 0.788. The van der Waals surface area contributed by atoms with Crippen LogP contribution in [0.1, 0.15) is 10.4 Å². The smallest absolute Gasteiger partial charge is 0.267 e. The fourth-order valence-electron chi connectivity index (χ4n) is 1.55. The number of H-pyrrole nitrogens is 1. The number of hydrazine groups is 1. The van der Waals surface area contributed by atoms with E-state index in [1.807, 2.05) is 12.1 Å². The Hall–Kier alpha value is -1.53. The highest BCUT2D eigenvalue weighted by atomic mass is 79.9. The van der Waals surface area contributed by atoms with Crippen molar-refractivity contribution in [3.63, 3.8) is 0 Å². The number of nitrogen functional groups attached to an aromatic ring is 1. The van der Waals surface area contributed by atoms with E-state index in [1.165, 1.54) is 0 Å². The number of amides is 1. The molecule has 0 aliphatic carbocycles. The zero-order valence-electron chi connectivity index (χ0n) is 8.50. The Morgan fingerprint density at radius 2 is 2.31 bits per heavy atom. The highest BCUT2D eigenvalue weighted by Crippen LogP contribution is 2.31. The molecule has 0 aliphatic rings. The van der Waals surface area contributed by atoms with Crippen LogP contribution in [0.4, 0.5) is 0 Å². The third-order valence-corrected chi connectivity index (χ3v) is 2.95. The second-order valence-corrected chi connectivity index (χ2v) is 4.06. The lowest BCUT2D eigenvalue weighted by Crippen LogP contribution is -2.29. The molecule has 1 amide bonds. The zero-order valence-corrected chi connectivity index (χ0v) is 10.1. The van der Waals surface area contributed by atoms with Gasteiger partial charge in [-0.1, -0.05) is 0 Å². The Bertz CT molecular complexity index is 550. The van der Waals surface area contributed by atoms with E-state index in [4.69, 9.17) is 10.6 Å². The number of methoxy groups -OCH3 is 1. The molecule has 16 heavy (non-hydrogen) atoms. The van der Waals surface area contributed by atoms with Crippen LogP contribution in [0.5, 0.6) is 5.75 Å². The number of aromatic nitrogens is 1. The minimum Gasteiger partial charge on any atom is -0.495 e.